The zero-order chi connectivity index (χ0) is 21.6. The molecule has 0 unspecified atom stereocenters. The molecule has 0 atom stereocenters. The molecule has 4 rings (SSSR count). The van der Waals surface area contributed by atoms with Crippen molar-refractivity contribution in [1.82, 2.24) is 5.43 Å². The first-order valence-corrected chi connectivity index (χ1v) is 9.37. The van der Waals surface area contributed by atoms with E-state index in [1.165, 1.54) is 13.3 Å². The molecule has 0 saturated carbocycles. The highest BCUT2D eigenvalue weighted by molar-refractivity contribution is 5.96. The molecule has 3 aromatic rings. The Bertz CT molecular complexity index is 1140. The number of hydrogen-bond donors (Lipinski definition) is 2. The van der Waals surface area contributed by atoms with Crippen LogP contribution in [0.1, 0.15) is 16.1 Å². The summed E-state index contributed by atoms with van der Waals surface area (Å²) in [4.78, 5) is 23.9. The normalized spacial score (nSPS) is 12.0. The molecular weight excluding hydrogens is 402 g/mol. The van der Waals surface area contributed by atoms with Crippen LogP contribution in [0.5, 0.6) is 11.5 Å². The van der Waals surface area contributed by atoms with Gasteiger partial charge in [0.15, 0.2) is 11.5 Å². The summed E-state index contributed by atoms with van der Waals surface area (Å²) in [5, 5.41) is 6.88. The summed E-state index contributed by atoms with van der Waals surface area (Å²) in [6.45, 7) is 0.212. The highest BCUT2D eigenvalue weighted by Crippen LogP contribution is 2.34. The number of nitrogens with zero attached hydrogens (tertiary/aromatic N) is 1. The fraction of sp³-hybridized carbons (Fsp3) is 0.136. The summed E-state index contributed by atoms with van der Waals surface area (Å²) in [6, 6.07) is 15.7. The van der Waals surface area contributed by atoms with E-state index in [1.54, 1.807) is 54.6 Å². The maximum atomic E-state index is 12.0. The Labute approximate surface area is 177 Å². The number of carbonyl (C=O) groups excluding carboxylic acids is 2. The van der Waals surface area contributed by atoms with Gasteiger partial charge in [-0.3, -0.25) is 4.79 Å². The quantitative estimate of drug-likeness (QED) is 0.343. The summed E-state index contributed by atoms with van der Waals surface area (Å²) < 4.78 is 21.1. The fourth-order valence-electron chi connectivity index (χ4n) is 2.95. The van der Waals surface area contributed by atoms with Crippen molar-refractivity contribution in [3.63, 3.8) is 0 Å². The zero-order valence-corrected chi connectivity index (χ0v) is 16.6. The molecule has 9 heteroatoms. The number of rotatable bonds is 7. The standard InChI is InChI=1S/C22H19N3O6/c1-28-22(27)17-5-3-2-4-16(17)18-9-7-15(31-18)11-24-25-21(26)12-23-14-6-8-19-20(10-14)30-13-29-19/h2-11,23H,12-13H2,1H3,(H,25,26)/b24-11-. The van der Waals surface area contributed by atoms with Gasteiger partial charge in [-0.15, -0.1) is 0 Å². The van der Waals surface area contributed by atoms with Gasteiger partial charge in [-0.25, -0.2) is 10.2 Å². The van der Waals surface area contributed by atoms with Crippen molar-refractivity contribution in [2.75, 3.05) is 25.8 Å². The van der Waals surface area contributed by atoms with Crippen LogP contribution in [0.3, 0.4) is 0 Å². The molecule has 0 radical (unpaired) electrons. The molecular formula is C22H19N3O6. The summed E-state index contributed by atoms with van der Waals surface area (Å²) in [7, 11) is 1.32. The van der Waals surface area contributed by atoms with Crippen molar-refractivity contribution < 1.29 is 28.2 Å². The van der Waals surface area contributed by atoms with Crippen molar-refractivity contribution in [1.29, 1.82) is 0 Å². The number of methoxy groups -OCH3 is 1. The smallest absolute Gasteiger partial charge is 0.338 e. The number of esters is 1. The summed E-state index contributed by atoms with van der Waals surface area (Å²) in [5.41, 5.74) is 4.14. The van der Waals surface area contributed by atoms with Crippen molar-refractivity contribution >= 4 is 23.8 Å². The largest absolute Gasteiger partial charge is 0.465 e. The maximum Gasteiger partial charge on any atom is 0.338 e. The van der Waals surface area contributed by atoms with Gasteiger partial charge in [0.05, 0.1) is 25.4 Å². The van der Waals surface area contributed by atoms with Crippen molar-refractivity contribution in [2.45, 2.75) is 0 Å². The van der Waals surface area contributed by atoms with Crippen LogP contribution in [0.4, 0.5) is 5.69 Å². The van der Waals surface area contributed by atoms with E-state index in [2.05, 4.69) is 15.8 Å². The Morgan fingerprint density at radius 3 is 2.81 bits per heavy atom. The lowest BCUT2D eigenvalue weighted by Crippen LogP contribution is -2.25. The monoisotopic (exact) mass is 421 g/mol. The van der Waals surface area contributed by atoms with Gasteiger partial charge in [0.25, 0.3) is 5.91 Å². The number of hydrazone groups is 1. The van der Waals surface area contributed by atoms with Gasteiger partial charge in [-0.2, -0.15) is 5.10 Å². The average molecular weight is 421 g/mol. The summed E-state index contributed by atoms with van der Waals surface area (Å²) in [5.74, 6) is 1.41. The third kappa shape index (κ3) is 4.67. The number of amides is 1. The van der Waals surface area contributed by atoms with E-state index < -0.39 is 5.97 Å². The lowest BCUT2D eigenvalue weighted by molar-refractivity contribution is -0.119. The molecule has 2 aromatic carbocycles. The molecule has 0 bridgehead atoms. The second-order valence-electron chi connectivity index (χ2n) is 6.45. The highest BCUT2D eigenvalue weighted by atomic mass is 16.7. The van der Waals surface area contributed by atoms with Crippen LogP contribution in [-0.2, 0) is 9.53 Å². The SMILES string of the molecule is COC(=O)c1ccccc1-c1ccc(/C=N\NC(=O)CNc2ccc3c(c2)OCO3)o1. The molecule has 0 spiro atoms. The van der Waals surface area contributed by atoms with E-state index >= 15 is 0 Å². The number of hydrogen-bond acceptors (Lipinski definition) is 8. The lowest BCUT2D eigenvalue weighted by Gasteiger charge is -2.06. The third-order valence-corrected chi connectivity index (χ3v) is 4.43. The predicted molar refractivity (Wildman–Crippen MR) is 112 cm³/mol. The fourth-order valence-corrected chi connectivity index (χ4v) is 2.95. The molecule has 2 heterocycles. The van der Waals surface area contributed by atoms with E-state index in [4.69, 9.17) is 18.6 Å². The van der Waals surface area contributed by atoms with Crippen LogP contribution >= 0.6 is 0 Å². The van der Waals surface area contributed by atoms with E-state index in [0.717, 1.165) is 5.69 Å². The Morgan fingerprint density at radius 1 is 1.10 bits per heavy atom. The zero-order valence-electron chi connectivity index (χ0n) is 16.6. The molecule has 1 amide bonds. The second-order valence-corrected chi connectivity index (χ2v) is 6.45. The molecule has 0 fully saturated rings. The van der Waals surface area contributed by atoms with Gasteiger partial charge in [-0.1, -0.05) is 18.2 Å². The van der Waals surface area contributed by atoms with Crippen molar-refractivity contribution in [3.8, 4) is 22.8 Å². The molecule has 1 aliphatic rings. The second kappa shape index (κ2) is 9.04. The van der Waals surface area contributed by atoms with Gasteiger partial charge < -0.3 is 23.9 Å². The molecule has 9 nitrogen and oxygen atoms in total. The minimum absolute atomic E-state index is 0.0207. The molecule has 0 saturated heterocycles. The van der Waals surface area contributed by atoms with E-state index in [9.17, 15) is 9.59 Å². The van der Waals surface area contributed by atoms with Crippen LogP contribution in [-0.4, -0.2) is 38.5 Å². The number of ether oxygens (including phenoxy) is 3. The van der Waals surface area contributed by atoms with Gasteiger partial charge in [-0.05, 0) is 30.3 Å². The van der Waals surface area contributed by atoms with Gasteiger partial charge >= 0.3 is 5.97 Å². The predicted octanol–water partition coefficient (Wildman–Crippen LogP) is 3.02. The Balaban J connectivity index is 1.32. The first-order chi connectivity index (χ1) is 15.1. The number of anilines is 1. The Kier molecular flexibility index (Phi) is 5.84. The third-order valence-electron chi connectivity index (χ3n) is 4.43. The van der Waals surface area contributed by atoms with Crippen LogP contribution < -0.4 is 20.2 Å². The van der Waals surface area contributed by atoms with E-state index in [1.807, 2.05) is 0 Å². The van der Waals surface area contributed by atoms with Crippen LogP contribution in [0.15, 0.2) is 64.1 Å². The lowest BCUT2D eigenvalue weighted by atomic mass is 10.1. The van der Waals surface area contributed by atoms with Crippen LogP contribution in [0.25, 0.3) is 11.3 Å². The van der Waals surface area contributed by atoms with E-state index in [0.29, 0.717) is 34.1 Å². The first kappa shape index (κ1) is 20.0. The molecule has 31 heavy (non-hydrogen) atoms. The van der Waals surface area contributed by atoms with E-state index in [-0.39, 0.29) is 19.2 Å². The number of benzene rings is 2. The molecule has 0 aliphatic carbocycles. The summed E-state index contributed by atoms with van der Waals surface area (Å²) >= 11 is 0. The van der Waals surface area contributed by atoms with Crippen molar-refractivity contribution in [3.05, 3.63) is 65.9 Å². The van der Waals surface area contributed by atoms with Crippen LogP contribution in [0.2, 0.25) is 0 Å². The molecule has 1 aliphatic heterocycles. The van der Waals surface area contributed by atoms with Crippen LogP contribution in [0, 0.1) is 0 Å². The number of carbonyl (C=O) groups is 2. The van der Waals surface area contributed by atoms with Gasteiger partial charge in [0.2, 0.25) is 6.79 Å². The van der Waals surface area contributed by atoms with Crippen molar-refractivity contribution in [2.24, 2.45) is 5.10 Å². The summed E-state index contributed by atoms with van der Waals surface area (Å²) in [6.07, 6.45) is 1.38. The molecule has 158 valence electrons. The minimum atomic E-state index is -0.454. The first-order valence-electron chi connectivity index (χ1n) is 9.37. The number of nitrogens with one attached hydrogen (secondary N) is 2. The highest BCUT2D eigenvalue weighted by Gasteiger charge is 2.15. The number of furan rings is 1. The molecule has 2 N–H and O–H groups in total. The van der Waals surface area contributed by atoms with Gasteiger partial charge in [0, 0.05) is 17.3 Å². The van der Waals surface area contributed by atoms with Gasteiger partial charge in [0.1, 0.15) is 11.5 Å². The maximum absolute atomic E-state index is 12.0. The number of fused-ring (bicyclic) bond motifs is 1. The molecule has 1 aromatic heterocycles. The average Bonchev–Trinajstić information content (AvgIpc) is 3.46. The minimum Gasteiger partial charge on any atom is -0.465 e. The Morgan fingerprint density at radius 2 is 1.94 bits per heavy atom. The topological polar surface area (TPSA) is 111 Å². The Hall–Kier alpha value is -4.27.